The van der Waals surface area contributed by atoms with Gasteiger partial charge < -0.3 is 20.5 Å². The van der Waals surface area contributed by atoms with Crippen LogP contribution < -0.4 is 10.6 Å². The highest BCUT2D eigenvalue weighted by Crippen LogP contribution is 2.17. The fourth-order valence-electron chi connectivity index (χ4n) is 2.09. The maximum Gasteiger partial charge on any atom is 0.251 e. The van der Waals surface area contributed by atoms with Crippen molar-refractivity contribution in [3.8, 4) is 5.75 Å². The van der Waals surface area contributed by atoms with E-state index in [9.17, 15) is 9.90 Å². The lowest BCUT2D eigenvalue weighted by atomic mass is 10.1. The maximum absolute atomic E-state index is 12.0. The van der Waals surface area contributed by atoms with E-state index in [1.165, 1.54) is 6.07 Å². The molecule has 1 heterocycles. The van der Waals surface area contributed by atoms with Crippen molar-refractivity contribution in [2.45, 2.75) is 19.1 Å². The molecule has 0 aliphatic carbocycles. The molecule has 1 unspecified atom stereocenters. The predicted molar refractivity (Wildman–Crippen MR) is 67.8 cm³/mol. The van der Waals surface area contributed by atoms with E-state index in [2.05, 4.69) is 10.6 Å². The van der Waals surface area contributed by atoms with Gasteiger partial charge >= 0.3 is 0 Å². The van der Waals surface area contributed by atoms with Crippen molar-refractivity contribution in [2.24, 2.45) is 0 Å². The molecule has 5 nitrogen and oxygen atoms in total. The van der Waals surface area contributed by atoms with Crippen molar-refractivity contribution in [2.75, 3.05) is 20.2 Å². The Balaban J connectivity index is 2.05. The van der Waals surface area contributed by atoms with Crippen molar-refractivity contribution in [1.29, 1.82) is 0 Å². The molecule has 1 fully saturated rings. The van der Waals surface area contributed by atoms with Crippen LogP contribution in [0.3, 0.4) is 0 Å². The van der Waals surface area contributed by atoms with E-state index in [0.717, 1.165) is 6.54 Å². The van der Waals surface area contributed by atoms with Crippen LogP contribution in [0, 0.1) is 6.92 Å². The van der Waals surface area contributed by atoms with Gasteiger partial charge in [-0.15, -0.1) is 0 Å². The lowest BCUT2D eigenvalue weighted by Crippen LogP contribution is -2.43. The van der Waals surface area contributed by atoms with E-state index in [1.54, 1.807) is 26.2 Å². The minimum absolute atomic E-state index is 0.00663. The van der Waals surface area contributed by atoms with Crippen molar-refractivity contribution in [3.05, 3.63) is 29.3 Å². The molecule has 18 heavy (non-hydrogen) atoms. The molecular weight excluding hydrogens is 232 g/mol. The largest absolute Gasteiger partial charge is 0.508 e. The Kier molecular flexibility index (Phi) is 3.84. The second-order valence-electron chi connectivity index (χ2n) is 4.51. The first kappa shape index (κ1) is 12.9. The van der Waals surface area contributed by atoms with Gasteiger partial charge in [0.15, 0.2) is 0 Å². The third-order valence-corrected chi connectivity index (χ3v) is 3.24. The lowest BCUT2D eigenvalue weighted by molar-refractivity contribution is 0.0780. The zero-order valence-corrected chi connectivity index (χ0v) is 10.6. The maximum atomic E-state index is 12.0. The Labute approximate surface area is 106 Å². The summed E-state index contributed by atoms with van der Waals surface area (Å²) in [5, 5.41) is 15.5. The molecule has 0 spiro atoms. The first-order valence-corrected chi connectivity index (χ1v) is 5.96. The minimum atomic E-state index is -0.145. The molecule has 5 heteroatoms. The van der Waals surface area contributed by atoms with Gasteiger partial charge in [-0.25, -0.2) is 0 Å². The van der Waals surface area contributed by atoms with Gasteiger partial charge in [-0.3, -0.25) is 4.79 Å². The van der Waals surface area contributed by atoms with E-state index >= 15 is 0 Å². The summed E-state index contributed by atoms with van der Waals surface area (Å²) in [6.45, 7) is 3.22. The van der Waals surface area contributed by atoms with Crippen LogP contribution in [0.1, 0.15) is 15.9 Å². The van der Waals surface area contributed by atoms with Crippen LogP contribution in [0.5, 0.6) is 5.75 Å². The molecule has 0 radical (unpaired) electrons. The molecule has 1 aliphatic rings. The molecule has 2 atom stereocenters. The fraction of sp³-hybridized carbons (Fsp3) is 0.462. The van der Waals surface area contributed by atoms with Gasteiger partial charge in [-0.1, -0.05) is 0 Å². The predicted octanol–water partition coefficient (Wildman–Crippen LogP) is 0.417. The monoisotopic (exact) mass is 250 g/mol. The molecule has 0 saturated carbocycles. The van der Waals surface area contributed by atoms with Gasteiger partial charge in [-0.05, 0) is 30.7 Å². The number of phenolic OH excluding ortho intramolecular Hbond substituents is 1. The summed E-state index contributed by atoms with van der Waals surface area (Å²) in [6.07, 6.45) is 0.00663. The quantitative estimate of drug-likeness (QED) is 0.727. The van der Waals surface area contributed by atoms with Gasteiger partial charge in [0.1, 0.15) is 5.75 Å². The zero-order valence-electron chi connectivity index (χ0n) is 10.6. The second kappa shape index (κ2) is 5.37. The molecule has 1 aromatic carbocycles. The first-order valence-electron chi connectivity index (χ1n) is 5.96. The Morgan fingerprint density at radius 3 is 2.94 bits per heavy atom. The molecule has 98 valence electrons. The topological polar surface area (TPSA) is 70.6 Å². The van der Waals surface area contributed by atoms with Gasteiger partial charge in [0.25, 0.3) is 5.91 Å². The number of nitrogens with one attached hydrogen (secondary N) is 2. The van der Waals surface area contributed by atoms with E-state index in [0.29, 0.717) is 17.7 Å². The Bertz CT molecular complexity index is 448. The first-order chi connectivity index (χ1) is 8.61. The Morgan fingerprint density at radius 2 is 2.28 bits per heavy atom. The smallest absolute Gasteiger partial charge is 0.251 e. The standard InChI is InChI=1S/C13H18N2O3/c1-8-5-9(3-4-11(8)16)13(17)15-10-6-14-7-12(10)18-2/h3-5,10,12,14,16H,6-7H2,1-2H3,(H,15,17)/t10?,12-/m0/s1. The molecule has 0 bridgehead atoms. The fourth-order valence-corrected chi connectivity index (χ4v) is 2.09. The molecule has 1 amide bonds. The SMILES string of the molecule is CO[C@H]1CNCC1NC(=O)c1ccc(O)c(C)c1. The molecule has 1 aromatic rings. The number of rotatable bonds is 3. The van der Waals surface area contributed by atoms with Gasteiger partial charge in [0, 0.05) is 25.8 Å². The summed E-state index contributed by atoms with van der Waals surface area (Å²) in [7, 11) is 1.64. The van der Waals surface area contributed by atoms with Crippen LogP contribution in [0.25, 0.3) is 0 Å². The highest BCUT2D eigenvalue weighted by Gasteiger charge is 2.28. The van der Waals surface area contributed by atoms with Crippen molar-refractivity contribution in [1.82, 2.24) is 10.6 Å². The molecule has 1 saturated heterocycles. The number of carbonyl (C=O) groups is 1. The van der Waals surface area contributed by atoms with Gasteiger partial charge in [0.05, 0.1) is 12.1 Å². The normalized spacial score (nSPS) is 23.0. The van der Waals surface area contributed by atoms with Gasteiger partial charge in [-0.2, -0.15) is 0 Å². The van der Waals surface area contributed by atoms with Crippen LogP contribution in [0.4, 0.5) is 0 Å². The summed E-state index contributed by atoms with van der Waals surface area (Å²) in [5.41, 5.74) is 1.24. The van der Waals surface area contributed by atoms with Crippen molar-refractivity contribution in [3.63, 3.8) is 0 Å². The van der Waals surface area contributed by atoms with Crippen LogP contribution in [0.2, 0.25) is 0 Å². The van der Waals surface area contributed by atoms with Crippen molar-refractivity contribution < 1.29 is 14.6 Å². The number of benzene rings is 1. The molecular formula is C13H18N2O3. The van der Waals surface area contributed by atoms with Gasteiger partial charge in [0.2, 0.25) is 0 Å². The average Bonchev–Trinajstić information content (AvgIpc) is 2.79. The van der Waals surface area contributed by atoms with Crippen LogP contribution >= 0.6 is 0 Å². The second-order valence-corrected chi connectivity index (χ2v) is 4.51. The van der Waals surface area contributed by atoms with Crippen LogP contribution in [-0.2, 0) is 4.74 Å². The Hall–Kier alpha value is -1.59. The van der Waals surface area contributed by atoms with E-state index in [1.807, 2.05) is 0 Å². The number of aryl methyl sites for hydroxylation is 1. The van der Waals surface area contributed by atoms with Crippen LogP contribution in [-0.4, -0.2) is 43.4 Å². The number of carbonyl (C=O) groups excluding carboxylic acids is 1. The molecule has 2 rings (SSSR count). The van der Waals surface area contributed by atoms with Crippen LogP contribution in [0.15, 0.2) is 18.2 Å². The summed E-state index contributed by atoms with van der Waals surface area (Å²) in [6, 6.07) is 4.80. The number of hydrogen-bond acceptors (Lipinski definition) is 4. The number of aromatic hydroxyl groups is 1. The summed E-state index contributed by atoms with van der Waals surface area (Å²) in [4.78, 5) is 12.0. The number of amides is 1. The van der Waals surface area contributed by atoms with E-state index in [-0.39, 0.29) is 23.8 Å². The molecule has 1 aliphatic heterocycles. The molecule has 3 N–H and O–H groups in total. The van der Waals surface area contributed by atoms with E-state index in [4.69, 9.17) is 4.74 Å². The summed E-state index contributed by atoms with van der Waals surface area (Å²) < 4.78 is 5.29. The molecule has 0 aromatic heterocycles. The number of phenols is 1. The minimum Gasteiger partial charge on any atom is -0.508 e. The third-order valence-electron chi connectivity index (χ3n) is 3.24. The highest BCUT2D eigenvalue weighted by molar-refractivity contribution is 5.94. The number of hydrogen-bond donors (Lipinski definition) is 3. The zero-order chi connectivity index (χ0) is 13.1. The average molecular weight is 250 g/mol. The number of methoxy groups -OCH3 is 1. The van der Waals surface area contributed by atoms with Crippen molar-refractivity contribution >= 4 is 5.91 Å². The highest BCUT2D eigenvalue weighted by atomic mass is 16.5. The van der Waals surface area contributed by atoms with E-state index < -0.39 is 0 Å². The third kappa shape index (κ3) is 2.63. The Morgan fingerprint density at radius 1 is 1.50 bits per heavy atom. The summed E-state index contributed by atoms with van der Waals surface area (Å²) >= 11 is 0. The number of ether oxygens (including phenoxy) is 1. The lowest BCUT2D eigenvalue weighted by Gasteiger charge is -2.18. The summed E-state index contributed by atoms with van der Waals surface area (Å²) in [5.74, 6) is 0.0534.